The Bertz CT molecular complexity index is 672. The molecule has 0 radical (unpaired) electrons. The van der Waals surface area contributed by atoms with Crippen molar-refractivity contribution in [3.63, 3.8) is 0 Å². The van der Waals surface area contributed by atoms with Crippen molar-refractivity contribution in [2.45, 2.75) is 46.2 Å². The molecule has 0 spiro atoms. The number of hydrogen-bond donors (Lipinski definition) is 1. The number of nitrogens with zero attached hydrogens (tertiary/aromatic N) is 2. The molecule has 1 amide bonds. The average Bonchev–Trinajstić information content (AvgIpc) is 3.08. The second kappa shape index (κ2) is 6.84. The average molecular weight is 333 g/mol. The summed E-state index contributed by atoms with van der Waals surface area (Å²) < 4.78 is 5.25. The maximum atomic E-state index is 12.4. The zero-order valence-electron chi connectivity index (χ0n) is 13.9. The Balaban J connectivity index is 1.60. The lowest BCUT2D eigenvalue weighted by Crippen LogP contribution is -2.47. The Morgan fingerprint density at radius 2 is 2.30 bits per heavy atom. The first-order valence-electron chi connectivity index (χ1n) is 8.03. The molecule has 0 saturated carbocycles. The quantitative estimate of drug-likeness (QED) is 0.934. The van der Waals surface area contributed by atoms with E-state index < -0.39 is 0 Å². The number of amides is 1. The van der Waals surface area contributed by atoms with Gasteiger partial charge in [0, 0.05) is 24.7 Å². The number of aromatic nitrogens is 1. The van der Waals surface area contributed by atoms with Gasteiger partial charge < -0.3 is 9.84 Å². The van der Waals surface area contributed by atoms with Crippen LogP contribution in [0.1, 0.15) is 45.1 Å². The molecule has 1 fully saturated rings. The lowest BCUT2D eigenvalue weighted by molar-refractivity contribution is 0.0904. The van der Waals surface area contributed by atoms with Crippen LogP contribution < -0.4 is 5.32 Å². The van der Waals surface area contributed by atoms with Gasteiger partial charge in [0.2, 0.25) is 0 Å². The van der Waals surface area contributed by atoms with Crippen molar-refractivity contribution in [1.82, 2.24) is 15.4 Å². The fraction of sp³-hybridized carbons (Fsp3) is 0.529. The molecule has 5 nitrogen and oxygen atoms in total. The van der Waals surface area contributed by atoms with E-state index in [1.165, 1.54) is 16.9 Å². The van der Waals surface area contributed by atoms with Crippen LogP contribution in [0.3, 0.4) is 0 Å². The third-order valence-electron chi connectivity index (χ3n) is 4.47. The van der Waals surface area contributed by atoms with Crippen molar-refractivity contribution >= 4 is 17.2 Å². The van der Waals surface area contributed by atoms with Crippen molar-refractivity contribution < 1.29 is 9.32 Å². The number of carbonyl (C=O) groups is 1. The molecule has 1 atom stereocenters. The van der Waals surface area contributed by atoms with E-state index in [0.717, 1.165) is 54.4 Å². The van der Waals surface area contributed by atoms with Gasteiger partial charge in [0.15, 0.2) is 0 Å². The van der Waals surface area contributed by atoms with Gasteiger partial charge >= 0.3 is 0 Å². The van der Waals surface area contributed by atoms with Crippen LogP contribution in [0, 0.1) is 20.8 Å². The van der Waals surface area contributed by atoms with Gasteiger partial charge in [-0.25, -0.2) is 0 Å². The van der Waals surface area contributed by atoms with Crippen molar-refractivity contribution in [3.05, 3.63) is 38.9 Å². The highest BCUT2D eigenvalue weighted by Gasteiger charge is 2.24. The second-order valence-electron chi connectivity index (χ2n) is 6.28. The largest absolute Gasteiger partial charge is 0.361 e. The third-order valence-corrected chi connectivity index (χ3v) is 5.49. The fourth-order valence-corrected chi connectivity index (χ4v) is 3.95. The molecule has 1 N–H and O–H groups in total. The summed E-state index contributed by atoms with van der Waals surface area (Å²) in [4.78, 5) is 15.6. The lowest BCUT2D eigenvalue weighted by Gasteiger charge is -2.33. The molecular weight excluding hydrogens is 310 g/mol. The summed E-state index contributed by atoms with van der Waals surface area (Å²) in [5, 5.41) is 9.18. The van der Waals surface area contributed by atoms with Gasteiger partial charge in [0.25, 0.3) is 5.91 Å². The number of hydrogen-bond acceptors (Lipinski definition) is 5. The van der Waals surface area contributed by atoms with Gasteiger partial charge in [-0.15, -0.1) is 11.3 Å². The first kappa shape index (κ1) is 16.2. The summed E-state index contributed by atoms with van der Waals surface area (Å²) in [6, 6.07) is 2.20. The number of carbonyl (C=O) groups excluding carboxylic acids is 1. The molecule has 6 heteroatoms. The molecule has 1 aliphatic rings. The van der Waals surface area contributed by atoms with E-state index in [-0.39, 0.29) is 11.9 Å². The highest BCUT2D eigenvalue weighted by molar-refractivity contribution is 7.12. The molecule has 0 bridgehead atoms. The van der Waals surface area contributed by atoms with Crippen molar-refractivity contribution in [1.29, 1.82) is 0 Å². The van der Waals surface area contributed by atoms with Gasteiger partial charge in [-0.1, -0.05) is 5.16 Å². The maximum absolute atomic E-state index is 12.4. The van der Waals surface area contributed by atoms with Crippen molar-refractivity contribution in [2.24, 2.45) is 0 Å². The van der Waals surface area contributed by atoms with E-state index in [2.05, 4.69) is 15.4 Å². The van der Waals surface area contributed by atoms with Crippen LogP contribution in [0.4, 0.5) is 0 Å². The molecular formula is C17H23N3O2S. The van der Waals surface area contributed by atoms with Gasteiger partial charge in [0.05, 0.1) is 10.6 Å². The predicted octanol–water partition coefficient (Wildman–Crippen LogP) is 3.06. The Morgan fingerprint density at radius 3 is 2.96 bits per heavy atom. The first-order chi connectivity index (χ1) is 11.0. The minimum atomic E-state index is 0.0571. The minimum absolute atomic E-state index is 0.0571. The summed E-state index contributed by atoms with van der Waals surface area (Å²) in [7, 11) is 0. The van der Waals surface area contributed by atoms with Crippen molar-refractivity contribution in [3.8, 4) is 0 Å². The number of thiophene rings is 1. The highest BCUT2D eigenvalue weighted by atomic mass is 32.1. The smallest absolute Gasteiger partial charge is 0.261 e. The van der Waals surface area contributed by atoms with Gasteiger partial charge in [-0.3, -0.25) is 9.69 Å². The van der Waals surface area contributed by atoms with Gasteiger partial charge in [-0.2, -0.15) is 0 Å². The second-order valence-corrected chi connectivity index (χ2v) is 7.20. The van der Waals surface area contributed by atoms with E-state index in [9.17, 15) is 4.79 Å². The zero-order valence-corrected chi connectivity index (χ0v) is 14.7. The number of rotatable bonds is 4. The SMILES string of the molecule is Cc1ccsc1C(=O)N[C@@H]1CCCN(Cc2c(C)noc2C)C1. The summed E-state index contributed by atoms with van der Waals surface area (Å²) in [5.41, 5.74) is 3.19. The molecule has 23 heavy (non-hydrogen) atoms. The summed E-state index contributed by atoms with van der Waals surface area (Å²) >= 11 is 1.51. The molecule has 1 saturated heterocycles. The van der Waals surface area contributed by atoms with E-state index in [4.69, 9.17) is 4.52 Å². The molecule has 2 aromatic rings. The van der Waals surface area contributed by atoms with Gasteiger partial charge in [-0.05, 0) is 57.2 Å². The molecule has 3 heterocycles. The Labute approximate surface area is 140 Å². The van der Waals surface area contributed by atoms with Crippen molar-refractivity contribution in [2.75, 3.05) is 13.1 Å². The number of nitrogens with one attached hydrogen (secondary N) is 1. The Hall–Kier alpha value is -1.66. The molecule has 1 aliphatic heterocycles. The molecule has 0 unspecified atom stereocenters. The van der Waals surface area contributed by atoms with E-state index in [1.54, 1.807) is 0 Å². The zero-order chi connectivity index (χ0) is 16.4. The predicted molar refractivity (Wildman–Crippen MR) is 90.8 cm³/mol. The third kappa shape index (κ3) is 3.64. The number of aryl methyl sites for hydroxylation is 3. The topological polar surface area (TPSA) is 58.4 Å². The monoisotopic (exact) mass is 333 g/mol. The van der Waals surface area contributed by atoms with Crippen LogP contribution in [0.2, 0.25) is 0 Å². The number of likely N-dealkylation sites (tertiary alicyclic amines) is 1. The summed E-state index contributed by atoms with van der Waals surface area (Å²) in [5.74, 6) is 0.949. The standard InChI is InChI=1S/C17H23N3O2S/c1-11-6-8-23-16(11)17(21)18-14-5-4-7-20(9-14)10-15-12(2)19-22-13(15)3/h6,8,14H,4-5,7,9-10H2,1-3H3,(H,18,21)/t14-/m1/s1. The Kier molecular flexibility index (Phi) is 4.82. The van der Waals surface area contributed by atoms with Crippen LogP contribution in [0.5, 0.6) is 0 Å². The summed E-state index contributed by atoms with van der Waals surface area (Å²) in [6.45, 7) is 8.68. The van der Waals surface area contributed by atoms with E-state index in [0.29, 0.717) is 0 Å². The van der Waals surface area contributed by atoms with Crippen LogP contribution in [-0.2, 0) is 6.54 Å². The molecule has 3 rings (SSSR count). The van der Waals surface area contributed by atoms with Crippen LogP contribution in [-0.4, -0.2) is 35.1 Å². The summed E-state index contributed by atoms with van der Waals surface area (Å²) in [6.07, 6.45) is 2.13. The molecule has 0 aliphatic carbocycles. The molecule has 0 aromatic carbocycles. The van der Waals surface area contributed by atoms with E-state index in [1.807, 2.05) is 32.2 Å². The van der Waals surface area contributed by atoms with Crippen LogP contribution in [0.25, 0.3) is 0 Å². The van der Waals surface area contributed by atoms with E-state index >= 15 is 0 Å². The van der Waals surface area contributed by atoms with Crippen LogP contribution in [0.15, 0.2) is 16.0 Å². The lowest BCUT2D eigenvalue weighted by atomic mass is 10.0. The molecule has 2 aromatic heterocycles. The first-order valence-corrected chi connectivity index (χ1v) is 8.91. The maximum Gasteiger partial charge on any atom is 0.261 e. The molecule has 124 valence electrons. The normalized spacial score (nSPS) is 19.0. The number of piperidine rings is 1. The highest BCUT2D eigenvalue weighted by Crippen LogP contribution is 2.20. The Morgan fingerprint density at radius 1 is 1.48 bits per heavy atom. The van der Waals surface area contributed by atoms with Crippen LogP contribution >= 0.6 is 11.3 Å². The van der Waals surface area contributed by atoms with Gasteiger partial charge in [0.1, 0.15) is 5.76 Å². The minimum Gasteiger partial charge on any atom is -0.361 e. The fourth-order valence-electron chi connectivity index (χ4n) is 3.12.